The molecule has 0 radical (unpaired) electrons. The van der Waals surface area contributed by atoms with Crippen molar-refractivity contribution >= 4 is 0 Å². The van der Waals surface area contributed by atoms with Crippen molar-refractivity contribution in [1.29, 1.82) is 0 Å². The van der Waals surface area contributed by atoms with E-state index in [0.29, 0.717) is 0 Å². The molecule has 1 nitrogen and oxygen atoms in total. The van der Waals surface area contributed by atoms with Crippen LogP contribution in [-0.4, -0.2) is 23.0 Å². The maximum absolute atomic E-state index is 2.65. The number of likely N-dealkylation sites (tertiary alicyclic amines) is 1. The van der Waals surface area contributed by atoms with Gasteiger partial charge in [-0.2, -0.15) is 0 Å². The van der Waals surface area contributed by atoms with Crippen molar-refractivity contribution in [3.63, 3.8) is 0 Å². The zero-order chi connectivity index (χ0) is 6.48. The molecular formula is C8H15N. The van der Waals surface area contributed by atoms with Crippen molar-refractivity contribution < 1.29 is 0 Å². The van der Waals surface area contributed by atoms with Gasteiger partial charge in [-0.3, -0.25) is 4.90 Å². The molecule has 2 fully saturated rings. The second-order valence-electron chi connectivity index (χ2n) is 3.76. The van der Waals surface area contributed by atoms with Crippen molar-refractivity contribution in [2.24, 2.45) is 0 Å². The fourth-order valence-electron chi connectivity index (χ4n) is 2.04. The lowest BCUT2D eigenvalue weighted by molar-refractivity contribution is 0.0367. The molecule has 0 aromatic rings. The third kappa shape index (κ3) is 0.644. The summed E-state index contributed by atoms with van der Waals surface area (Å²) < 4.78 is 0. The first-order chi connectivity index (χ1) is 4.25. The Morgan fingerprint density at radius 3 is 2.00 bits per heavy atom. The van der Waals surface area contributed by atoms with Gasteiger partial charge < -0.3 is 0 Å². The Balaban J connectivity index is 1.99. The molecule has 0 aromatic heterocycles. The summed E-state index contributed by atoms with van der Waals surface area (Å²) in [4.78, 5) is 2.65. The summed E-state index contributed by atoms with van der Waals surface area (Å²) in [5.74, 6) is 0. The highest BCUT2D eigenvalue weighted by Crippen LogP contribution is 2.52. The summed E-state index contributed by atoms with van der Waals surface area (Å²) in [5.41, 5.74) is 0.744. The lowest BCUT2D eigenvalue weighted by Gasteiger charge is -2.45. The predicted molar refractivity (Wildman–Crippen MR) is 38.4 cm³/mol. The first kappa shape index (κ1) is 5.72. The minimum absolute atomic E-state index is 0.744. The van der Waals surface area contributed by atoms with E-state index in [-0.39, 0.29) is 0 Å². The Morgan fingerprint density at radius 1 is 1.22 bits per heavy atom. The molecule has 2 aliphatic rings. The molecule has 2 rings (SSSR count). The fraction of sp³-hybridized carbons (Fsp3) is 1.00. The first-order valence-electron chi connectivity index (χ1n) is 4.01. The van der Waals surface area contributed by atoms with Gasteiger partial charge in [0.05, 0.1) is 0 Å². The van der Waals surface area contributed by atoms with Crippen molar-refractivity contribution in [2.45, 2.75) is 44.7 Å². The molecule has 1 saturated carbocycles. The molecule has 1 aliphatic heterocycles. The summed E-state index contributed by atoms with van der Waals surface area (Å²) in [5, 5.41) is 0. The normalized spacial score (nSPS) is 31.0. The largest absolute Gasteiger partial charge is 0.295 e. The molecule has 1 heteroatoms. The second kappa shape index (κ2) is 1.51. The van der Waals surface area contributed by atoms with Crippen LogP contribution in [0.3, 0.4) is 0 Å². The average Bonchev–Trinajstić information content (AvgIpc) is 2.37. The molecular weight excluding hydrogens is 110 g/mol. The predicted octanol–water partition coefficient (Wildman–Crippen LogP) is 1.63. The molecule has 52 valence electrons. The SMILES string of the molecule is CC(C)N1CCC12CC2. The highest BCUT2D eigenvalue weighted by atomic mass is 15.3. The molecule has 0 bridgehead atoms. The van der Waals surface area contributed by atoms with Crippen molar-refractivity contribution in [3.05, 3.63) is 0 Å². The average molecular weight is 125 g/mol. The van der Waals surface area contributed by atoms with Gasteiger partial charge >= 0.3 is 0 Å². The van der Waals surface area contributed by atoms with Crippen LogP contribution in [0.25, 0.3) is 0 Å². The summed E-state index contributed by atoms with van der Waals surface area (Å²) in [6.07, 6.45) is 4.43. The highest BCUT2D eigenvalue weighted by Gasteiger charge is 2.54. The van der Waals surface area contributed by atoms with Crippen molar-refractivity contribution in [3.8, 4) is 0 Å². The minimum atomic E-state index is 0.744. The Bertz CT molecular complexity index is 125. The second-order valence-corrected chi connectivity index (χ2v) is 3.76. The highest BCUT2D eigenvalue weighted by molar-refractivity contribution is 5.11. The topological polar surface area (TPSA) is 3.24 Å². The molecule has 1 aliphatic carbocycles. The van der Waals surface area contributed by atoms with E-state index in [1.165, 1.54) is 25.8 Å². The van der Waals surface area contributed by atoms with Crippen LogP contribution in [0.4, 0.5) is 0 Å². The van der Waals surface area contributed by atoms with Gasteiger partial charge in [0.2, 0.25) is 0 Å². The Kier molecular flexibility index (Phi) is 0.963. The van der Waals surface area contributed by atoms with Gasteiger partial charge in [-0.15, -0.1) is 0 Å². The maximum Gasteiger partial charge on any atom is 0.0225 e. The Hall–Kier alpha value is -0.0400. The lowest BCUT2D eigenvalue weighted by atomic mass is 9.98. The van der Waals surface area contributed by atoms with E-state index in [2.05, 4.69) is 18.7 Å². The maximum atomic E-state index is 2.65. The van der Waals surface area contributed by atoms with E-state index >= 15 is 0 Å². The minimum Gasteiger partial charge on any atom is -0.295 e. The van der Waals surface area contributed by atoms with Crippen LogP contribution in [0.2, 0.25) is 0 Å². The molecule has 0 unspecified atom stereocenters. The molecule has 0 amide bonds. The van der Waals surface area contributed by atoms with E-state index in [1.54, 1.807) is 0 Å². The molecule has 1 saturated heterocycles. The van der Waals surface area contributed by atoms with Gasteiger partial charge in [0.25, 0.3) is 0 Å². The number of rotatable bonds is 1. The zero-order valence-corrected chi connectivity index (χ0v) is 6.35. The van der Waals surface area contributed by atoms with Crippen LogP contribution in [0.15, 0.2) is 0 Å². The van der Waals surface area contributed by atoms with E-state index in [0.717, 1.165) is 11.6 Å². The molecule has 9 heavy (non-hydrogen) atoms. The zero-order valence-electron chi connectivity index (χ0n) is 6.35. The Labute approximate surface area is 57.0 Å². The monoisotopic (exact) mass is 125 g/mol. The molecule has 0 aromatic carbocycles. The summed E-state index contributed by atoms with van der Waals surface area (Å²) >= 11 is 0. The van der Waals surface area contributed by atoms with Crippen LogP contribution >= 0.6 is 0 Å². The summed E-state index contributed by atoms with van der Waals surface area (Å²) in [6, 6.07) is 0.793. The third-order valence-electron chi connectivity index (χ3n) is 2.88. The van der Waals surface area contributed by atoms with Gasteiger partial charge in [0.15, 0.2) is 0 Å². The molecule has 1 heterocycles. The van der Waals surface area contributed by atoms with E-state index in [9.17, 15) is 0 Å². The Morgan fingerprint density at radius 2 is 1.89 bits per heavy atom. The number of nitrogens with zero attached hydrogens (tertiary/aromatic N) is 1. The first-order valence-corrected chi connectivity index (χ1v) is 4.01. The molecule has 0 N–H and O–H groups in total. The van der Waals surface area contributed by atoms with Gasteiger partial charge in [0.1, 0.15) is 0 Å². The van der Waals surface area contributed by atoms with Crippen LogP contribution in [0.1, 0.15) is 33.1 Å². The van der Waals surface area contributed by atoms with E-state index < -0.39 is 0 Å². The van der Waals surface area contributed by atoms with Gasteiger partial charge in [-0.1, -0.05) is 0 Å². The van der Waals surface area contributed by atoms with Crippen molar-refractivity contribution in [2.75, 3.05) is 6.54 Å². The third-order valence-corrected chi connectivity index (χ3v) is 2.88. The quantitative estimate of drug-likeness (QED) is 0.515. The summed E-state index contributed by atoms with van der Waals surface area (Å²) in [6.45, 7) is 5.97. The van der Waals surface area contributed by atoms with E-state index in [4.69, 9.17) is 0 Å². The fourth-order valence-corrected chi connectivity index (χ4v) is 2.04. The lowest BCUT2D eigenvalue weighted by Crippen LogP contribution is -2.53. The number of hydrogen-bond acceptors (Lipinski definition) is 1. The smallest absolute Gasteiger partial charge is 0.0225 e. The number of hydrogen-bond donors (Lipinski definition) is 0. The van der Waals surface area contributed by atoms with Gasteiger partial charge in [-0.25, -0.2) is 0 Å². The molecule has 0 atom stereocenters. The van der Waals surface area contributed by atoms with Crippen LogP contribution in [0.5, 0.6) is 0 Å². The molecule has 1 spiro atoms. The van der Waals surface area contributed by atoms with Crippen LogP contribution < -0.4 is 0 Å². The summed E-state index contributed by atoms with van der Waals surface area (Å²) in [7, 11) is 0. The van der Waals surface area contributed by atoms with Crippen molar-refractivity contribution in [1.82, 2.24) is 4.90 Å². The van der Waals surface area contributed by atoms with E-state index in [1.807, 2.05) is 0 Å². The van der Waals surface area contributed by atoms with Crippen LogP contribution in [-0.2, 0) is 0 Å². The van der Waals surface area contributed by atoms with Gasteiger partial charge in [0, 0.05) is 18.1 Å². The van der Waals surface area contributed by atoms with Crippen LogP contribution in [0, 0.1) is 0 Å². The standard InChI is InChI=1S/C8H15N/c1-7(2)9-6-5-8(9)3-4-8/h7H,3-6H2,1-2H3. The van der Waals surface area contributed by atoms with Gasteiger partial charge in [-0.05, 0) is 33.1 Å².